The molecular formula is C13H26N2O. The van der Waals surface area contributed by atoms with E-state index in [0.717, 1.165) is 38.0 Å². The lowest BCUT2D eigenvalue weighted by Gasteiger charge is -2.27. The summed E-state index contributed by atoms with van der Waals surface area (Å²) in [5, 5.41) is 16.4. The predicted octanol–water partition coefficient (Wildman–Crippen LogP) is 0.983. The number of aliphatic hydroxyl groups excluding tert-OH is 1. The molecule has 0 aromatic carbocycles. The first-order chi connectivity index (χ1) is 7.75. The first kappa shape index (κ1) is 12.3. The molecular weight excluding hydrogens is 200 g/mol. The van der Waals surface area contributed by atoms with E-state index < -0.39 is 0 Å². The van der Waals surface area contributed by atoms with Crippen LogP contribution in [0.3, 0.4) is 0 Å². The zero-order valence-corrected chi connectivity index (χ0v) is 10.4. The van der Waals surface area contributed by atoms with E-state index in [9.17, 15) is 5.11 Å². The van der Waals surface area contributed by atoms with Crippen molar-refractivity contribution in [3.8, 4) is 0 Å². The number of rotatable bonds is 4. The first-order valence-electron chi connectivity index (χ1n) is 6.85. The molecule has 1 saturated carbocycles. The molecule has 1 saturated heterocycles. The summed E-state index contributed by atoms with van der Waals surface area (Å²) < 4.78 is 0. The quantitative estimate of drug-likeness (QED) is 0.669. The van der Waals surface area contributed by atoms with E-state index in [1.165, 1.54) is 25.7 Å². The van der Waals surface area contributed by atoms with Crippen LogP contribution >= 0.6 is 0 Å². The summed E-state index contributed by atoms with van der Waals surface area (Å²) >= 11 is 0. The molecule has 1 aliphatic heterocycles. The van der Waals surface area contributed by atoms with Gasteiger partial charge in [0.05, 0.1) is 6.10 Å². The minimum absolute atomic E-state index is 0.140. The number of hydrogen-bond donors (Lipinski definition) is 3. The maximum Gasteiger partial charge on any atom is 0.0716 e. The van der Waals surface area contributed by atoms with Crippen LogP contribution in [0.4, 0.5) is 0 Å². The molecule has 94 valence electrons. The second-order valence-electron chi connectivity index (χ2n) is 5.77. The van der Waals surface area contributed by atoms with Crippen LogP contribution in [0, 0.1) is 17.8 Å². The van der Waals surface area contributed by atoms with Crippen molar-refractivity contribution in [1.29, 1.82) is 0 Å². The van der Waals surface area contributed by atoms with Gasteiger partial charge in [-0.1, -0.05) is 19.8 Å². The van der Waals surface area contributed by atoms with Gasteiger partial charge in [0.15, 0.2) is 0 Å². The summed E-state index contributed by atoms with van der Waals surface area (Å²) in [6.07, 6.45) is 5.44. The molecule has 2 aliphatic rings. The normalized spacial score (nSPS) is 40.1. The SMILES string of the molecule is CC1CCC(CNCC2CNCC2O)CC1. The average Bonchev–Trinajstić information content (AvgIpc) is 2.68. The van der Waals surface area contributed by atoms with Gasteiger partial charge in [-0.15, -0.1) is 0 Å². The van der Waals surface area contributed by atoms with Crippen molar-refractivity contribution in [3.05, 3.63) is 0 Å². The highest BCUT2D eigenvalue weighted by atomic mass is 16.3. The van der Waals surface area contributed by atoms with E-state index in [0.29, 0.717) is 5.92 Å². The standard InChI is InChI=1S/C13H26N2O/c1-10-2-4-11(5-3-10)6-14-7-12-8-15-9-13(12)16/h10-16H,2-9H2,1H3. The lowest BCUT2D eigenvalue weighted by atomic mass is 9.83. The Morgan fingerprint density at radius 3 is 2.50 bits per heavy atom. The molecule has 2 rings (SSSR count). The third-order valence-electron chi connectivity index (χ3n) is 4.28. The summed E-state index contributed by atoms with van der Waals surface area (Å²) in [5.74, 6) is 2.24. The van der Waals surface area contributed by atoms with Crippen molar-refractivity contribution in [2.45, 2.75) is 38.7 Å². The molecule has 1 aliphatic carbocycles. The van der Waals surface area contributed by atoms with Gasteiger partial charge in [-0.2, -0.15) is 0 Å². The molecule has 3 nitrogen and oxygen atoms in total. The Kier molecular flexibility index (Phi) is 4.62. The lowest BCUT2D eigenvalue weighted by Crippen LogP contribution is -2.34. The molecule has 16 heavy (non-hydrogen) atoms. The third-order valence-corrected chi connectivity index (χ3v) is 4.28. The number of β-amino-alcohol motifs (C(OH)–C–C–N with tert-alkyl or cyclic N) is 1. The van der Waals surface area contributed by atoms with Crippen molar-refractivity contribution < 1.29 is 5.11 Å². The molecule has 0 radical (unpaired) electrons. The maximum atomic E-state index is 9.66. The Hall–Kier alpha value is -0.120. The van der Waals surface area contributed by atoms with Crippen molar-refractivity contribution in [2.75, 3.05) is 26.2 Å². The summed E-state index contributed by atoms with van der Waals surface area (Å²) in [4.78, 5) is 0. The van der Waals surface area contributed by atoms with Crippen LogP contribution in [0.2, 0.25) is 0 Å². The van der Waals surface area contributed by atoms with Crippen molar-refractivity contribution in [2.24, 2.45) is 17.8 Å². The van der Waals surface area contributed by atoms with E-state index in [1.807, 2.05) is 0 Å². The highest BCUT2D eigenvalue weighted by Crippen LogP contribution is 2.27. The van der Waals surface area contributed by atoms with Gasteiger partial charge in [-0.25, -0.2) is 0 Å². The summed E-state index contributed by atoms with van der Waals surface area (Å²) in [6, 6.07) is 0. The van der Waals surface area contributed by atoms with Gasteiger partial charge < -0.3 is 15.7 Å². The summed E-state index contributed by atoms with van der Waals surface area (Å²) in [7, 11) is 0. The van der Waals surface area contributed by atoms with Crippen LogP contribution < -0.4 is 10.6 Å². The van der Waals surface area contributed by atoms with Crippen LogP contribution in [-0.2, 0) is 0 Å². The number of hydrogen-bond acceptors (Lipinski definition) is 3. The second-order valence-corrected chi connectivity index (χ2v) is 5.77. The molecule has 2 atom stereocenters. The summed E-state index contributed by atoms with van der Waals surface area (Å²) in [6.45, 7) is 6.23. The van der Waals surface area contributed by atoms with Crippen molar-refractivity contribution in [3.63, 3.8) is 0 Å². The molecule has 1 heterocycles. The van der Waals surface area contributed by atoms with Crippen LogP contribution in [-0.4, -0.2) is 37.4 Å². The van der Waals surface area contributed by atoms with Crippen LogP contribution in [0.5, 0.6) is 0 Å². The van der Waals surface area contributed by atoms with E-state index in [1.54, 1.807) is 0 Å². The van der Waals surface area contributed by atoms with Gasteiger partial charge in [0, 0.05) is 25.6 Å². The van der Waals surface area contributed by atoms with Gasteiger partial charge >= 0.3 is 0 Å². The van der Waals surface area contributed by atoms with Gasteiger partial charge in [0.2, 0.25) is 0 Å². The lowest BCUT2D eigenvalue weighted by molar-refractivity contribution is 0.144. The number of nitrogens with one attached hydrogen (secondary N) is 2. The molecule has 0 bridgehead atoms. The monoisotopic (exact) mass is 226 g/mol. The Morgan fingerprint density at radius 1 is 1.12 bits per heavy atom. The minimum Gasteiger partial charge on any atom is -0.391 e. The van der Waals surface area contributed by atoms with E-state index in [-0.39, 0.29) is 6.10 Å². The molecule has 0 amide bonds. The van der Waals surface area contributed by atoms with Crippen LogP contribution in [0.25, 0.3) is 0 Å². The highest BCUT2D eigenvalue weighted by Gasteiger charge is 2.25. The Balaban J connectivity index is 1.57. The topological polar surface area (TPSA) is 44.3 Å². The smallest absolute Gasteiger partial charge is 0.0716 e. The van der Waals surface area contributed by atoms with E-state index in [4.69, 9.17) is 0 Å². The highest BCUT2D eigenvalue weighted by molar-refractivity contribution is 4.82. The zero-order valence-electron chi connectivity index (χ0n) is 10.4. The average molecular weight is 226 g/mol. The Labute approximate surface area is 99.0 Å². The van der Waals surface area contributed by atoms with Crippen LogP contribution in [0.1, 0.15) is 32.6 Å². The molecule has 0 aromatic rings. The van der Waals surface area contributed by atoms with Gasteiger partial charge in [-0.3, -0.25) is 0 Å². The molecule has 0 spiro atoms. The largest absolute Gasteiger partial charge is 0.391 e. The van der Waals surface area contributed by atoms with E-state index in [2.05, 4.69) is 17.6 Å². The zero-order chi connectivity index (χ0) is 11.4. The third kappa shape index (κ3) is 3.44. The molecule has 3 N–H and O–H groups in total. The fraction of sp³-hybridized carbons (Fsp3) is 1.00. The van der Waals surface area contributed by atoms with Gasteiger partial charge in [-0.05, 0) is 31.2 Å². The second kappa shape index (κ2) is 5.99. The molecule has 3 heteroatoms. The molecule has 2 unspecified atom stereocenters. The summed E-state index contributed by atoms with van der Waals surface area (Å²) in [5.41, 5.74) is 0. The van der Waals surface area contributed by atoms with Gasteiger partial charge in [0.25, 0.3) is 0 Å². The predicted molar refractivity (Wildman–Crippen MR) is 66.4 cm³/mol. The van der Waals surface area contributed by atoms with Crippen molar-refractivity contribution in [1.82, 2.24) is 10.6 Å². The first-order valence-corrected chi connectivity index (χ1v) is 6.85. The Morgan fingerprint density at radius 2 is 1.88 bits per heavy atom. The van der Waals surface area contributed by atoms with E-state index >= 15 is 0 Å². The molecule has 2 fully saturated rings. The van der Waals surface area contributed by atoms with Gasteiger partial charge in [0.1, 0.15) is 0 Å². The molecule has 0 aromatic heterocycles. The fourth-order valence-electron chi connectivity index (χ4n) is 2.93. The van der Waals surface area contributed by atoms with Crippen LogP contribution in [0.15, 0.2) is 0 Å². The van der Waals surface area contributed by atoms with Crippen molar-refractivity contribution >= 4 is 0 Å². The minimum atomic E-state index is -0.140. The fourth-order valence-corrected chi connectivity index (χ4v) is 2.93. The number of aliphatic hydroxyl groups is 1. The Bertz CT molecular complexity index is 202. The maximum absolute atomic E-state index is 9.66.